The molecule has 0 atom stereocenters. The molecule has 6 nitrogen and oxygen atoms in total. The first-order valence-corrected chi connectivity index (χ1v) is 10.4. The Balaban J connectivity index is 1.89. The number of nitriles is 1. The lowest BCUT2D eigenvalue weighted by atomic mass is 10.1. The molecular formula is C24H17N5OS. The highest BCUT2D eigenvalue weighted by atomic mass is 32.1. The highest BCUT2D eigenvalue weighted by Gasteiger charge is 2.17. The van der Waals surface area contributed by atoms with Crippen molar-refractivity contribution in [2.24, 2.45) is 7.05 Å². The van der Waals surface area contributed by atoms with Gasteiger partial charge in [0.05, 0.1) is 44.9 Å². The lowest BCUT2D eigenvalue weighted by molar-refractivity contribution is 0.112. The number of hydrogen-bond acceptors (Lipinski definition) is 5. The van der Waals surface area contributed by atoms with Gasteiger partial charge in [-0.25, -0.2) is 0 Å². The summed E-state index contributed by atoms with van der Waals surface area (Å²) in [6.45, 7) is 1.98. The minimum atomic E-state index is 0.298. The summed E-state index contributed by atoms with van der Waals surface area (Å²) >= 11 is 1.44. The van der Waals surface area contributed by atoms with Crippen molar-refractivity contribution in [1.82, 2.24) is 14.1 Å². The lowest BCUT2D eigenvalue weighted by Gasteiger charge is -2.11. The van der Waals surface area contributed by atoms with Crippen LogP contribution in [0, 0.1) is 23.7 Å². The van der Waals surface area contributed by atoms with Crippen LogP contribution in [0.15, 0.2) is 54.7 Å². The first-order chi connectivity index (χ1) is 15.0. The van der Waals surface area contributed by atoms with E-state index in [1.165, 1.54) is 11.3 Å². The van der Waals surface area contributed by atoms with Gasteiger partial charge in [-0.05, 0) is 54.4 Å². The fourth-order valence-corrected chi connectivity index (χ4v) is 4.72. The van der Waals surface area contributed by atoms with Crippen molar-refractivity contribution >= 4 is 39.6 Å². The SMILES string of the molecule is Cc1ccc(C#N)cc1-n1c(=N)n(C)c2cnc3ccc(-c4ccc(C=O)s4)cc3c21. The number of imidazole rings is 1. The van der Waals surface area contributed by atoms with E-state index in [-0.39, 0.29) is 0 Å². The maximum Gasteiger partial charge on any atom is 0.207 e. The third-order valence-corrected chi connectivity index (χ3v) is 6.60. The summed E-state index contributed by atoms with van der Waals surface area (Å²) in [5.41, 5.74) is 6.12. The summed E-state index contributed by atoms with van der Waals surface area (Å²) in [6.07, 6.45) is 2.64. The molecule has 3 aromatic heterocycles. The normalized spacial score (nSPS) is 11.1. The average Bonchev–Trinajstić information content (AvgIpc) is 3.37. The van der Waals surface area contributed by atoms with Crippen molar-refractivity contribution in [2.45, 2.75) is 6.92 Å². The third kappa shape index (κ3) is 2.88. The predicted octanol–water partition coefficient (Wildman–Crippen LogP) is 4.72. The number of nitrogens with zero attached hydrogens (tertiary/aromatic N) is 4. The maximum atomic E-state index is 11.1. The van der Waals surface area contributed by atoms with Gasteiger partial charge in [0, 0.05) is 17.3 Å². The topological polar surface area (TPSA) is 87.5 Å². The molecule has 3 heterocycles. The molecule has 7 heteroatoms. The Morgan fingerprint density at radius 2 is 2.00 bits per heavy atom. The van der Waals surface area contributed by atoms with E-state index in [9.17, 15) is 10.1 Å². The number of carbonyl (C=O) groups excluding carboxylic acids is 1. The standard InChI is InChI=1S/C24H17N5OS/c1-14-3-4-15(11-25)9-20(14)29-23-18-10-16(22-8-6-17(13-30)31-22)5-7-19(18)27-12-21(23)28(2)24(29)26/h3-10,12-13,26H,1-2H3. The number of pyridine rings is 1. The number of carbonyl (C=O) groups is 1. The molecule has 2 aromatic carbocycles. The van der Waals surface area contributed by atoms with Crippen molar-refractivity contribution in [2.75, 3.05) is 0 Å². The van der Waals surface area contributed by atoms with Crippen molar-refractivity contribution in [1.29, 1.82) is 10.7 Å². The van der Waals surface area contributed by atoms with Gasteiger partial charge in [-0.3, -0.25) is 19.8 Å². The monoisotopic (exact) mass is 423 g/mol. The molecule has 0 saturated heterocycles. The minimum absolute atomic E-state index is 0.298. The van der Waals surface area contributed by atoms with Gasteiger partial charge in [-0.1, -0.05) is 12.1 Å². The average molecular weight is 424 g/mol. The van der Waals surface area contributed by atoms with Crippen LogP contribution < -0.4 is 5.62 Å². The highest BCUT2D eigenvalue weighted by molar-refractivity contribution is 7.17. The smallest absolute Gasteiger partial charge is 0.207 e. The van der Waals surface area contributed by atoms with E-state index >= 15 is 0 Å². The van der Waals surface area contributed by atoms with Crippen molar-refractivity contribution < 1.29 is 4.79 Å². The molecule has 0 aliphatic heterocycles. The Bertz CT molecular complexity index is 1610. The molecule has 31 heavy (non-hydrogen) atoms. The summed E-state index contributed by atoms with van der Waals surface area (Å²) in [6, 6.07) is 17.5. The summed E-state index contributed by atoms with van der Waals surface area (Å²) in [5.74, 6) is 0. The van der Waals surface area contributed by atoms with Gasteiger partial charge in [-0.2, -0.15) is 5.26 Å². The number of benzene rings is 2. The van der Waals surface area contributed by atoms with Gasteiger partial charge in [0.2, 0.25) is 5.62 Å². The fourth-order valence-electron chi connectivity index (χ4n) is 3.90. The molecule has 150 valence electrons. The molecule has 0 spiro atoms. The zero-order chi connectivity index (χ0) is 21.7. The Labute approximate surface area is 181 Å². The molecule has 0 fully saturated rings. The number of nitrogens with one attached hydrogen (secondary N) is 1. The zero-order valence-electron chi connectivity index (χ0n) is 16.9. The number of hydrogen-bond donors (Lipinski definition) is 1. The molecule has 0 aliphatic carbocycles. The predicted molar refractivity (Wildman–Crippen MR) is 122 cm³/mol. The Hall–Kier alpha value is -4.02. The number of aldehydes is 1. The van der Waals surface area contributed by atoms with Crippen molar-refractivity contribution in [3.8, 4) is 22.2 Å². The van der Waals surface area contributed by atoms with Gasteiger partial charge >= 0.3 is 0 Å². The Kier molecular flexibility index (Phi) is 4.31. The molecule has 0 unspecified atom stereocenters. The van der Waals surface area contributed by atoms with Gasteiger partial charge in [0.15, 0.2) is 6.29 Å². The van der Waals surface area contributed by atoms with Crippen LogP contribution in [-0.2, 0) is 7.05 Å². The Morgan fingerprint density at radius 1 is 1.16 bits per heavy atom. The van der Waals surface area contributed by atoms with Crippen LogP contribution in [0.4, 0.5) is 0 Å². The molecule has 0 aliphatic rings. The van der Waals surface area contributed by atoms with Crippen LogP contribution in [0.2, 0.25) is 0 Å². The van der Waals surface area contributed by atoms with E-state index in [0.717, 1.165) is 49.9 Å². The highest BCUT2D eigenvalue weighted by Crippen LogP contribution is 2.33. The fraction of sp³-hybridized carbons (Fsp3) is 0.0833. The summed E-state index contributed by atoms with van der Waals surface area (Å²) in [7, 11) is 1.84. The molecule has 0 radical (unpaired) electrons. The number of aromatic nitrogens is 3. The lowest BCUT2D eigenvalue weighted by Crippen LogP contribution is -2.21. The van der Waals surface area contributed by atoms with E-state index in [1.54, 1.807) is 16.8 Å². The molecule has 5 rings (SSSR count). The first kappa shape index (κ1) is 19.0. The van der Waals surface area contributed by atoms with Gasteiger partial charge in [0.1, 0.15) is 0 Å². The minimum Gasteiger partial charge on any atom is -0.312 e. The van der Waals surface area contributed by atoms with Crippen LogP contribution in [0.5, 0.6) is 0 Å². The van der Waals surface area contributed by atoms with E-state index in [1.807, 2.05) is 54.9 Å². The molecular weight excluding hydrogens is 406 g/mol. The van der Waals surface area contributed by atoms with Crippen LogP contribution in [0.25, 0.3) is 38.1 Å². The van der Waals surface area contributed by atoms with E-state index in [0.29, 0.717) is 16.1 Å². The van der Waals surface area contributed by atoms with Crippen LogP contribution >= 0.6 is 11.3 Å². The van der Waals surface area contributed by atoms with E-state index < -0.39 is 0 Å². The third-order valence-electron chi connectivity index (χ3n) is 5.54. The van der Waals surface area contributed by atoms with Crippen LogP contribution in [0.1, 0.15) is 20.8 Å². The largest absolute Gasteiger partial charge is 0.312 e. The van der Waals surface area contributed by atoms with Crippen LogP contribution in [0.3, 0.4) is 0 Å². The van der Waals surface area contributed by atoms with Crippen molar-refractivity contribution in [3.63, 3.8) is 0 Å². The van der Waals surface area contributed by atoms with E-state index in [2.05, 4.69) is 17.1 Å². The second-order valence-corrected chi connectivity index (χ2v) is 8.49. The molecule has 0 bridgehead atoms. The van der Waals surface area contributed by atoms with Gasteiger partial charge < -0.3 is 4.57 Å². The molecule has 0 saturated carbocycles. The first-order valence-electron chi connectivity index (χ1n) is 9.63. The molecule has 5 aromatic rings. The second-order valence-electron chi connectivity index (χ2n) is 7.37. The molecule has 0 amide bonds. The second kappa shape index (κ2) is 7.04. The van der Waals surface area contributed by atoms with Gasteiger partial charge in [-0.15, -0.1) is 11.3 Å². The number of rotatable bonds is 3. The summed E-state index contributed by atoms with van der Waals surface area (Å²) in [5, 5.41) is 19.1. The number of fused-ring (bicyclic) bond motifs is 3. The van der Waals surface area contributed by atoms with Crippen LogP contribution in [-0.4, -0.2) is 20.4 Å². The molecule has 1 N–H and O–H groups in total. The summed E-state index contributed by atoms with van der Waals surface area (Å²) < 4.78 is 3.67. The summed E-state index contributed by atoms with van der Waals surface area (Å²) in [4.78, 5) is 17.4. The van der Waals surface area contributed by atoms with Crippen molar-refractivity contribution in [3.05, 3.63) is 76.4 Å². The maximum absolute atomic E-state index is 11.1. The van der Waals surface area contributed by atoms with E-state index in [4.69, 9.17) is 5.41 Å². The number of aryl methyl sites for hydroxylation is 2. The number of thiophene rings is 1. The Morgan fingerprint density at radius 3 is 2.74 bits per heavy atom. The van der Waals surface area contributed by atoms with Gasteiger partial charge in [0.25, 0.3) is 0 Å². The quantitative estimate of drug-likeness (QED) is 0.426. The zero-order valence-corrected chi connectivity index (χ0v) is 17.7.